The van der Waals surface area contributed by atoms with Crippen molar-refractivity contribution < 1.29 is 0 Å². The van der Waals surface area contributed by atoms with Gasteiger partial charge in [0.15, 0.2) is 0 Å². The number of aromatic nitrogens is 1. The number of nitrogen functional groups attached to an aromatic ring is 1. The third-order valence-electron chi connectivity index (χ3n) is 3.13. The first-order chi connectivity index (χ1) is 10.5. The minimum atomic E-state index is 0.424. The second kappa shape index (κ2) is 5.64. The highest BCUT2D eigenvalue weighted by Crippen LogP contribution is 2.24. The fourth-order valence-corrected chi connectivity index (χ4v) is 2.60. The molecule has 6 N–H and O–H groups in total. The van der Waals surface area contributed by atoms with Crippen LogP contribution in [0.15, 0.2) is 40.5 Å². The van der Waals surface area contributed by atoms with Crippen molar-refractivity contribution in [3.05, 3.63) is 41.1 Å². The minimum absolute atomic E-state index is 0.424. The Bertz CT molecular complexity index is 784. The SMILES string of the molecule is CSC1=CC(N)=NN(Nc2ccc3nc(C)cc(N)c3c2)N1. The molecule has 1 aromatic carbocycles. The van der Waals surface area contributed by atoms with Gasteiger partial charge in [0.2, 0.25) is 0 Å². The van der Waals surface area contributed by atoms with Crippen molar-refractivity contribution in [1.29, 1.82) is 0 Å². The van der Waals surface area contributed by atoms with E-state index in [1.807, 2.05) is 37.4 Å². The molecule has 1 aliphatic rings. The number of rotatable bonds is 3. The molecule has 0 aliphatic carbocycles. The van der Waals surface area contributed by atoms with Crippen LogP contribution in [0.2, 0.25) is 0 Å². The Morgan fingerprint density at radius 1 is 1.27 bits per heavy atom. The van der Waals surface area contributed by atoms with Gasteiger partial charge in [-0.1, -0.05) is 0 Å². The van der Waals surface area contributed by atoms with Crippen molar-refractivity contribution in [2.75, 3.05) is 17.4 Å². The van der Waals surface area contributed by atoms with Gasteiger partial charge in [-0.25, -0.2) is 0 Å². The Morgan fingerprint density at radius 2 is 2.09 bits per heavy atom. The van der Waals surface area contributed by atoms with Gasteiger partial charge in [-0.15, -0.1) is 22.1 Å². The summed E-state index contributed by atoms with van der Waals surface area (Å²) in [4.78, 5) is 4.46. The van der Waals surface area contributed by atoms with E-state index in [4.69, 9.17) is 11.5 Å². The van der Waals surface area contributed by atoms with Crippen molar-refractivity contribution in [2.45, 2.75) is 6.92 Å². The van der Waals surface area contributed by atoms with Crippen LogP contribution in [-0.4, -0.2) is 22.3 Å². The third-order valence-corrected chi connectivity index (χ3v) is 3.78. The molecule has 0 spiro atoms. The van der Waals surface area contributed by atoms with Crippen LogP contribution >= 0.6 is 11.8 Å². The van der Waals surface area contributed by atoms with Gasteiger partial charge in [0.05, 0.1) is 16.2 Å². The average molecular weight is 315 g/mol. The first-order valence-corrected chi connectivity index (χ1v) is 7.88. The Balaban J connectivity index is 1.87. The summed E-state index contributed by atoms with van der Waals surface area (Å²) < 4.78 is 0. The quantitative estimate of drug-likeness (QED) is 0.684. The number of nitrogens with one attached hydrogen (secondary N) is 2. The van der Waals surface area contributed by atoms with E-state index in [-0.39, 0.29) is 0 Å². The zero-order valence-corrected chi connectivity index (χ0v) is 13.1. The summed E-state index contributed by atoms with van der Waals surface area (Å²) in [6.07, 6.45) is 3.73. The Labute approximate surface area is 132 Å². The number of hydrazone groups is 1. The summed E-state index contributed by atoms with van der Waals surface area (Å²) in [7, 11) is 0. The van der Waals surface area contributed by atoms with Crippen LogP contribution in [0.5, 0.6) is 0 Å². The summed E-state index contributed by atoms with van der Waals surface area (Å²) >= 11 is 1.55. The summed E-state index contributed by atoms with van der Waals surface area (Å²) in [5, 5.41) is 7.43. The maximum absolute atomic E-state index is 6.07. The van der Waals surface area contributed by atoms with Gasteiger partial charge in [0.25, 0.3) is 0 Å². The van der Waals surface area contributed by atoms with Gasteiger partial charge in [-0.05, 0) is 37.4 Å². The maximum Gasteiger partial charge on any atom is 0.150 e. The Kier molecular flexibility index (Phi) is 3.68. The molecule has 0 bridgehead atoms. The molecule has 2 aromatic rings. The van der Waals surface area contributed by atoms with Crippen molar-refractivity contribution in [1.82, 2.24) is 15.6 Å². The number of fused-ring (bicyclic) bond motifs is 1. The first kappa shape index (κ1) is 14.3. The highest BCUT2D eigenvalue weighted by molar-refractivity contribution is 8.02. The second-order valence-electron chi connectivity index (χ2n) is 4.86. The highest BCUT2D eigenvalue weighted by Gasteiger charge is 2.11. The van der Waals surface area contributed by atoms with Crippen molar-refractivity contribution in [2.24, 2.45) is 10.8 Å². The molecule has 8 heteroatoms. The number of hydrogen-bond acceptors (Lipinski definition) is 8. The number of anilines is 2. The van der Waals surface area contributed by atoms with Crippen molar-refractivity contribution in [3.8, 4) is 0 Å². The predicted molar refractivity (Wildman–Crippen MR) is 92.7 cm³/mol. The summed E-state index contributed by atoms with van der Waals surface area (Å²) in [5.41, 5.74) is 21.4. The molecule has 1 aliphatic heterocycles. The van der Waals surface area contributed by atoms with Crippen LogP contribution in [0, 0.1) is 6.92 Å². The number of aryl methyl sites for hydroxylation is 1. The van der Waals surface area contributed by atoms with Gasteiger partial charge in [0, 0.05) is 22.8 Å². The molecule has 7 nitrogen and oxygen atoms in total. The monoisotopic (exact) mass is 315 g/mol. The number of nitrogens with zero attached hydrogens (tertiary/aromatic N) is 3. The van der Waals surface area contributed by atoms with Crippen LogP contribution in [-0.2, 0) is 0 Å². The molecule has 0 saturated heterocycles. The van der Waals surface area contributed by atoms with Crippen LogP contribution in [0.3, 0.4) is 0 Å². The molecule has 1 aromatic heterocycles. The molecule has 0 fully saturated rings. The lowest BCUT2D eigenvalue weighted by Crippen LogP contribution is -2.41. The number of nitrogens with two attached hydrogens (primary N) is 2. The molecular weight excluding hydrogens is 298 g/mol. The largest absolute Gasteiger partial charge is 0.398 e. The molecule has 2 heterocycles. The molecule has 0 saturated carbocycles. The predicted octanol–water partition coefficient (Wildman–Crippen LogP) is 1.75. The van der Waals surface area contributed by atoms with Crippen molar-refractivity contribution in [3.63, 3.8) is 0 Å². The van der Waals surface area contributed by atoms with Crippen LogP contribution in [0.25, 0.3) is 10.9 Å². The summed E-state index contributed by atoms with van der Waals surface area (Å²) in [6, 6.07) is 7.62. The second-order valence-corrected chi connectivity index (χ2v) is 5.71. The van der Waals surface area contributed by atoms with Gasteiger partial charge < -0.3 is 11.5 Å². The van der Waals surface area contributed by atoms with Gasteiger partial charge in [-0.2, -0.15) is 0 Å². The topological polar surface area (TPSA) is 105 Å². The number of hydrogen-bond donors (Lipinski definition) is 4. The smallest absolute Gasteiger partial charge is 0.150 e. The number of thioether (sulfide) groups is 1. The zero-order chi connectivity index (χ0) is 15.7. The van der Waals surface area contributed by atoms with E-state index in [1.165, 1.54) is 5.23 Å². The molecule has 0 amide bonds. The van der Waals surface area contributed by atoms with Crippen LogP contribution < -0.4 is 22.3 Å². The lowest BCUT2D eigenvalue weighted by Gasteiger charge is -2.26. The van der Waals surface area contributed by atoms with Gasteiger partial charge >= 0.3 is 0 Å². The average Bonchev–Trinajstić information content (AvgIpc) is 2.47. The van der Waals surface area contributed by atoms with E-state index in [1.54, 1.807) is 17.8 Å². The normalized spacial score (nSPS) is 14.4. The van der Waals surface area contributed by atoms with Gasteiger partial charge in [0.1, 0.15) is 5.84 Å². The lowest BCUT2D eigenvalue weighted by molar-refractivity contribution is 0.279. The van der Waals surface area contributed by atoms with Crippen molar-refractivity contribution >= 4 is 39.9 Å². The van der Waals surface area contributed by atoms with Gasteiger partial charge in [-0.3, -0.25) is 15.8 Å². The lowest BCUT2D eigenvalue weighted by atomic mass is 10.1. The summed E-state index contributed by atoms with van der Waals surface area (Å²) in [5.74, 6) is 0.424. The number of hydrazine groups is 2. The molecular formula is C14H17N7S. The van der Waals surface area contributed by atoms with Crippen LogP contribution in [0.1, 0.15) is 5.69 Å². The number of pyridine rings is 1. The van der Waals surface area contributed by atoms with Crippen LogP contribution in [0.4, 0.5) is 11.4 Å². The fourth-order valence-electron chi connectivity index (χ4n) is 2.18. The molecule has 0 atom stereocenters. The Morgan fingerprint density at radius 3 is 2.86 bits per heavy atom. The fraction of sp³-hybridized carbons (Fsp3) is 0.143. The van der Waals surface area contributed by atoms with E-state index in [0.29, 0.717) is 11.5 Å². The molecule has 3 rings (SSSR count). The van der Waals surface area contributed by atoms with E-state index in [0.717, 1.165) is 27.3 Å². The molecule has 0 radical (unpaired) electrons. The Hall–Kier alpha value is -2.61. The van der Waals surface area contributed by atoms with E-state index in [2.05, 4.69) is 20.9 Å². The molecule has 0 unspecified atom stereocenters. The van der Waals surface area contributed by atoms with E-state index >= 15 is 0 Å². The van der Waals surface area contributed by atoms with E-state index < -0.39 is 0 Å². The minimum Gasteiger partial charge on any atom is -0.398 e. The van der Waals surface area contributed by atoms with E-state index in [9.17, 15) is 0 Å². The molecule has 22 heavy (non-hydrogen) atoms. The third kappa shape index (κ3) is 2.86. The highest BCUT2D eigenvalue weighted by atomic mass is 32.2. The number of benzene rings is 1. The maximum atomic E-state index is 6.07. The first-order valence-electron chi connectivity index (χ1n) is 6.65. The standard InChI is InChI=1S/C14H17N7S/c1-8-5-11(15)10-6-9(3-4-12(10)17-8)18-21-19-13(16)7-14(20-21)22-2/h3-7,18,20H,1-2H3,(H2,15,17)(H2,16,19). The molecule has 114 valence electrons. The summed E-state index contributed by atoms with van der Waals surface area (Å²) in [6.45, 7) is 1.92. The zero-order valence-electron chi connectivity index (χ0n) is 12.3. The number of amidine groups is 1.